The highest BCUT2D eigenvalue weighted by molar-refractivity contribution is 5.78. The molecule has 0 aliphatic carbocycles. The van der Waals surface area contributed by atoms with Crippen LogP contribution < -0.4 is 16.2 Å². The van der Waals surface area contributed by atoms with E-state index >= 15 is 0 Å². The number of amides is 2. The summed E-state index contributed by atoms with van der Waals surface area (Å²) in [5.41, 5.74) is 2.52. The van der Waals surface area contributed by atoms with Gasteiger partial charge in [-0.3, -0.25) is 4.79 Å². The molecule has 1 saturated heterocycles. The van der Waals surface area contributed by atoms with E-state index in [0.717, 1.165) is 17.8 Å². The van der Waals surface area contributed by atoms with Crippen molar-refractivity contribution < 1.29 is 4.79 Å². The number of carbonyl (C=O) groups is 1. The zero-order chi connectivity index (χ0) is 11.6. The first-order valence-corrected chi connectivity index (χ1v) is 5.53. The van der Waals surface area contributed by atoms with Gasteiger partial charge in [-0.25, -0.2) is 4.79 Å². The molecule has 4 heterocycles. The van der Waals surface area contributed by atoms with E-state index in [1.807, 2.05) is 10.5 Å². The molecule has 2 aromatic rings. The summed E-state index contributed by atoms with van der Waals surface area (Å²) in [5, 5.41) is 5.77. The number of hydrogen-bond donors (Lipinski definition) is 3. The SMILES string of the molecule is O=C1NC2Cc3c[nH]c(=O)c4ccc(n34)C2N1. The van der Waals surface area contributed by atoms with Crippen LogP contribution in [-0.2, 0) is 6.42 Å². The number of hydrogen-bond acceptors (Lipinski definition) is 2. The summed E-state index contributed by atoms with van der Waals surface area (Å²) in [4.78, 5) is 25.8. The second kappa shape index (κ2) is 2.71. The van der Waals surface area contributed by atoms with Crippen molar-refractivity contribution in [1.82, 2.24) is 20.0 Å². The summed E-state index contributed by atoms with van der Waals surface area (Å²) < 4.78 is 1.94. The highest BCUT2D eigenvalue weighted by Gasteiger charge is 2.38. The van der Waals surface area contributed by atoms with Crippen LogP contribution in [-0.4, -0.2) is 21.5 Å². The lowest BCUT2D eigenvalue weighted by Gasteiger charge is -2.25. The molecular weight excluding hydrogens is 220 g/mol. The zero-order valence-electron chi connectivity index (χ0n) is 8.86. The molecule has 2 atom stereocenters. The average Bonchev–Trinajstić information content (AvgIpc) is 2.87. The predicted octanol–water partition coefficient (Wildman–Crippen LogP) is -0.0938. The van der Waals surface area contributed by atoms with Gasteiger partial charge in [0.05, 0.1) is 12.1 Å². The molecule has 2 aliphatic heterocycles. The molecule has 17 heavy (non-hydrogen) atoms. The number of carbonyl (C=O) groups excluding carboxylic acids is 1. The highest BCUT2D eigenvalue weighted by Crippen LogP contribution is 2.29. The number of fused-ring (bicyclic) bond motifs is 2. The third-order valence-electron chi connectivity index (χ3n) is 3.55. The van der Waals surface area contributed by atoms with E-state index in [1.54, 1.807) is 12.3 Å². The van der Waals surface area contributed by atoms with Crippen molar-refractivity contribution in [2.24, 2.45) is 0 Å². The van der Waals surface area contributed by atoms with Gasteiger partial charge in [-0.2, -0.15) is 0 Å². The van der Waals surface area contributed by atoms with Crippen LogP contribution in [0.3, 0.4) is 0 Å². The smallest absolute Gasteiger partial charge is 0.315 e. The lowest BCUT2D eigenvalue weighted by atomic mass is 9.98. The minimum Gasteiger partial charge on any atom is -0.333 e. The largest absolute Gasteiger partial charge is 0.333 e. The standard InChI is InChI=1S/C11H10N4O2/c16-10-8-2-1-7-9-6(13-11(17)14-9)3-5(4-12-10)15(7)8/h1-2,4,6,9H,3H2,(H,12,16)(H2,13,14,17). The maximum absolute atomic E-state index is 11.7. The quantitative estimate of drug-likeness (QED) is 0.591. The van der Waals surface area contributed by atoms with Crippen LogP contribution in [0.15, 0.2) is 23.1 Å². The molecule has 0 spiro atoms. The Morgan fingerprint density at radius 3 is 3.00 bits per heavy atom. The Hall–Kier alpha value is -2.24. The molecule has 0 aromatic carbocycles. The number of urea groups is 1. The minimum atomic E-state index is -0.144. The Labute approximate surface area is 95.6 Å². The van der Waals surface area contributed by atoms with Gasteiger partial charge in [-0.15, -0.1) is 0 Å². The maximum Gasteiger partial charge on any atom is 0.315 e. The normalized spacial score (nSPS) is 25.5. The predicted molar refractivity (Wildman–Crippen MR) is 59.9 cm³/mol. The minimum absolute atomic E-state index is 0.0423. The molecule has 2 amide bonds. The van der Waals surface area contributed by atoms with Crippen molar-refractivity contribution in [3.05, 3.63) is 40.1 Å². The van der Waals surface area contributed by atoms with Crippen molar-refractivity contribution in [2.75, 3.05) is 0 Å². The fourth-order valence-corrected chi connectivity index (χ4v) is 2.84. The van der Waals surface area contributed by atoms with E-state index in [-0.39, 0.29) is 23.7 Å². The zero-order valence-corrected chi connectivity index (χ0v) is 8.86. The average molecular weight is 230 g/mol. The molecule has 2 unspecified atom stereocenters. The van der Waals surface area contributed by atoms with Crippen LogP contribution in [0.5, 0.6) is 0 Å². The van der Waals surface area contributed by atoms with E-state index in [1.165, 1.54) is 0 Å². The van der Waals surface area contributed by atoms with Crippen molar-refractivity contribution in [3.8, 4) is 0 Å². The van der Waals surface area contributed by atoms with Crippen LogP contribution in [0.25, 0.3) is 5.52 Å². The van der Waals surface area contributed by atoms with E-state index in [2.05, 4.69) is 15.6 Å². The summed E-state index contributed by atoms with van der Waals surface area (Å²) >= 11 is 0. The summed E-state index contributed by atoms with van der Waals surface area (Å²) in [6, 6.07) is 3.58. The van der Waals surface area contributed by atoms with Crippen LogP contribution in [0, 0.1) is 0 Å². The molecule has 1 fully saturated rings. The first kappa shape index (κ1) is 8.86. The van der Waals surface area contributed by atoms with Crippen LogP contribution >= 0.6 is 0 Å². The molecule has 2 aromatic heterocycles. The van der Waals surface area contributed by atoms with Crippen molar-refractivity contribution in [2.45, 2.75) is 18.5 Å². The van der Waals surface area contributed by atoms with Gasteiger partial charge >= 0.3 is 6.03 Å². The number of nitrogens with zero attached hydrogens (tertiary/aromatic N) is 1. The third kappa shape index (κ3) is 0.994. The van der Waals surface area contributed by atoms with Gasteiger partial charge in [-0.05, 0) is 12.1 Å². The number of nitrogens with one attached hydrogen (secondary N) is 3. The lowest BCUT2D eigenvalue weighted by Crippen LogP contribution is -2.35. The monoisotopic (exact) mass is 230 g/mol. The molecule has 2 aliphatic rings. The molecule has 3 N–H and O–H groups in total. The fourth-order valence-electron chi connectivity index (χ4n) is 2.84. The number of aromatic nitrogens is 2. The molecule has 6 heteroatoms. The Kier molecular flexibility index (Phi) is 1.41. The molecule has 0 bridgehead atoms. The Balaban J connectivity index is 2.05. The van der Waals surface area contributed by atoms with Gasteiger partial charge in [0.25, 0.3) is 5.56 Å². The number of H-pyrrole nitrogens is 1. The summed E-state index contributed by atoms with van der Waals surface area (Å²) in [7, 11) is 0. The van der Waals surface area contributed by atoms with Gasteiger partial charge in [-0.1, -0.05) is 0 Å². The number of rotatable bonds is 0. The third-order valence-corrected chi connectivity index (χ3v) is 3.55. The van der Waals surface area contributed by atoms with E-state index in [4.69, 9.17) is 0 Å². The Bertz CT molecular complexity index is 699. The van der Waals surface area contributed by atoms with Crippen molar-refractivity contribution >= 4 is 11.5 Å². The molecular formula is C11H10N4O2. The summed E-state index contributed by atoms with van der Waals surface area (Å²) in [6.07, 6.45) is 2.44. The lowest BCUT2D eigenvalue weighted by molar-refractivity contribution is 0.247. The first-order valence-electron chi connectivity index (χ1n) is 5.53. The van der Waals surface area contributed by atoms with E-state index in [9.17, 15) is 9.59 Å². The molecule has 6 nitrogen and oxygen atoms in total. The Morgan fingerprint density at radius 2 is 2.12 bits per heavy atom. The molecule has 86 valence electrons. The molecule has 0 saturated carbocycles. The van der Waals surface area contributed by atoms with Crippen molar-refractivity contribution in [1.29, 1.82) is 0 Å². The summed E-state index contributed by atoms with van der Waals surface area (Å²) in [6.45, 7) is 0. The van der Waals surface area contributed by atoms with Crippen LogP contribution in [0.2, 0.25) is 0 Å². The van der Waals surface area contributed by atoms with E-state index < -0.39 is 0 Å². The fraction of sp³-hybridized carbons (Fsp3) is 0.273. The summed E-state index contributed by atoms with van der Waals surface area (Å²) in [5.74, 6) is 0. The maximum atomic E-state index is 11.7. The van der Waals surface area contributed by atoms with Gasteiger partial charge in [0.2, 0.25) is 0 Å². The second-order valence-corrected chi connectivity index (χ2v) is 4.49. The van der Waals surface area contributed by atoms with Gasteiger partial charge in [0.15, 0.2) is 0 Å². The van der Waals surface area contributed by atoms with Crippen molar-refractivity contribution in [3.63, 3.8) is 0 Å². The molecule has 0 radical (unpaired) electrons. The second-order valence-electron chi connectivity index (χ2n) is 4.49. The van der Waals surface area contributed by atoms with Gasteiger partial charge < -0.3 is 20.0 Å². The Morgan fingerprint density at radius 1 is 1.24 bits per heavy atom. The van der Waals surface area contributed by atoms with Crippen LogP contribution in [0.4, 0.5) is 4.79 Å². The van der Waals surface area contributed by atoms with Crippen LogP contribution in [0.1, 0.15) is 17.4 Å². The van der Waals surface area contributed by atoms with Gasteiger partial charge in [0, 0.05) is 24.0 Å². The highest BCUT2D eigenvalue weighted by atomic mass is 16.2. The van der Waals surface area contributed by atoms with Gasteiger partial charge in [0.1, 0.15) is 5.52 Å². The first-order chi connectivity index (χ1) is 8.24. The number of aromatic amines is 1. The topological polar surface area (TPSA) is 78.4 Å². The molecule has 4 rings (SSSR count). The van der Waals surface area contributed by atoms with E-state index in [0.29, 0.717) is 5.52 Å².